The topological polar surface area (TPSA) is 113 Å². The highest BCUT2D eigenvalue weighted by Crippen LogP contribution is 2.17. The minimum atomic E-state index is -1.63. The number of carboxylic acids is 1. The van der Waals surface area contributed by atoms with Gasteiger partial charge in [0.05, 0.1) is 5.75 Å². The lowest BCUT2D eigenvalue weighted by atomic mass is 9.95. The molecule has 3 N–H and O–H groups in total. The van der Waals surface area contributed by atoms with Gasteiger partial charge < -0.3 is 15.7 Å². The number of carbonyl (C=O) groups is 3. The smallest absolute Gasteiger partial charge is 0.327 e. The highest BCUT2D eigenvalue weighted by atomic mass is 32.2. The summed E-state index contributed by atoms with van der Waals surface area (Å²) >= 11 is 0. The van der Waals surface area contributed by atoms with E-state index >= 15 is 0 Å². The van der Waals surface area contributed by atoms with Crippen molar-refractivity contribution in [2.75, 3.05) is 11.5 Å². The third-order valence-corrected chi connectivity index (χ3v) is 4.58. The predicted octanol–water partition coefficient (Wildman–Crippen LogP) is -0.227. The van der Waals surface area contributed by atoms with Gasteiger partial charge >= 0.3 is 5.97 Å². The fourth-order valence-corrected chi connectivity index (χ4v) is 3.42. The summed E-state index contributed by atoms with van der Waals surface area (Å²) in [7, 11) is -1.63. The van der Waals surface area contributed by atoms with Crippen molar-refractivity contribution in [3.05, 3.63) is 0 Å². The molecular weight excluding hydrogens is 296 g/mol. The van der Waals surface area contributed by atoms with Crippen molar-refractivity contribution in [3.8, 4) is 0 Å². The average Bonchev–Trinajstić information content (AvgIpc) is 2.38. The van der Waals surface area contributed by atoms with Crippen molar-refractivity contribution >= 4 is 28.6 Å². The van der Waals surface area contributed by atoms with E-state index < -0.39 is 28.7 Å². The Labute approximate surface area is 126 Å². The third-order valence-electron chi connectivity index (χ3n) is 3.29. The molecule has 0 aromatic carbocycles. The van der Waals surface area contributed by atoms with Crippen molar-refractivity contribution in [2.24, 2.45) is 0 Å². The van der Waals surface area contributed by atoms with Crippen LogP contribution < -0.4 is 10.6 Å². The first-order chi connectivity index (χ1) is 9.88. The van der Waals surface area contributed by atoms with Crippen LogP contribution in [-0.2, 0) is 25.2 Å². The molecule has 1 saturated carbocycles. The predicted molar refractivity (Wildman–Crippen MR) is 78.1 cm³/mol. The molecule has 1 aliphatic rings. The molecule has 0 spiro atoms. The molecule has 21 heavy (non-hydrogen) atoms. The van der Waals surface area contributed by atoms with Gasteiger partial charge in [-0.15, -0.1) is 0 Å². The zero-order valence-electron chi connectivity index (χ0n) is 12.1. The summed E-state index contributed by atoms with van der Waals surface area (Å²) in [6.07, 6.45) is 5.20. The van der Waals surface area contributed by atoms with Crippen LogP contribution >= 0.6 is 0 Å². The van der Waals surface area contributed by atoms with Gasteiger partial charge in [-0.25, -0.2) is 4.79 Å². The maximum absolute atomic E-state index is 11.8. The van der Waals surface area contributed by atoms with E-state index in [1.54, 1.807) is 0 Å². The quantitative estimate of drug-likeness (QED) is 0.600. The third kappa shape index (κ3) is 7.22. The van der Waals surface area contributed by atoms with Gasteiger partial charge in [0, 0.05) is 23.8 Å². The Morgan fingerprint density at radius 3 is 2.38 bits per heavy atom. The highest BCUT2D eigenvalue weighted by Gasteiger charge is 2.23. The number of carbonyl (C=O) groups excluding carboxylic acids is 2. The summed E-state index contributed by atoms with van der Waals surface area (Å²) in [6, 6.07) is -1.10. The summed E-state index contributed by atoms with van der Waals surface area (Å²) < 4.78 is 11.8. The molecule has 1 aliphatic carbocycles. The van der Waals surface area contributed by atoms with Gasteiger partial charge in [-0.1, -0.05) is 19.3 Å². The van der Waals surface area contributed by atoms with Crippen LogP contribution in [0.25, 0.3) is 0 Å². The van der Waals surface area contributed by atoms with Crippen LogP contribution in [0, 0.1) is 0 Å². The van der Waals surface area contributed by atoms with Gasteiger partial charge in [0.25, 0.3) is 0 Å². The zero-order valence-corrected chi connectivity index (χ0v) is 12.9. The second-order valence-corrected chi connectivity index (χ2v) is 6.75. The van der Waals surface area contributed by atoms with Gasteiger partial charge in [0.1, 0.15) is 11.8 Å². The fraction of sp³-hybridized carbons (Fsp3) is 0.769. The van der Waals surface area contributed by atoms with Gasteiger partial charge in [0.15, 0.2) is 0 Å². The molecule has 7 nitrogen and oxygen atoms in total. The number of rotatable bonds is 7. The molecule has 0 radical (unpaired) electrons. The van der Waals surface area contributed by atoms with E-state index in [1.165, 1.54) is 13.3 Å². The van der Waals surface area contributed by atoms with E-state index in [0.717, 1.165) is 25.7 Å². The van der Waals surface area contributed by atoms with Gasteiger partial charge in [-0.2, -0.15) is 0 Å². The monoisotopic (exact) mass is 318 g/mol. The SMILES string of the molecule is CC(=O)N[C@@H](CS(=O)CC(=O)NC1CCCCC1)C(=O)O. The summed E-state index contributed by atoms with van der Waals surface area (Å²) in [6.45, 7) is 1.19. The fourth-order valence-electron chi connectivity index (χ4n) is 2.33. The number of hydrogen-bond acceptors (Lipinski definition) is 4. The van der Waals surface area contributed by atoms with Crippen molar-refractivity contribution in [3.63, 3.8) is 0 Å². The van der Waals surface area contributed by atoms with E-state index in [-0.39, 0.29) is 23.5 Å². The lowest BCUT2D eigenvalue weighted by Gasteiger charge is -2.22. The first-order valence-corrected chi connectivity index (χ1v) is 8.51. The van der Waals surface area contributed by atoms with E-state index in [1.807, 2.05) is 0 Å². The molecular formula is C13H22N2O5S. The van der Waals surface area contributed by atoms with Crippen LogP contribution in [0.3, 0.4) is 0 Å². The number of hydrogen-bond donors (Lipinski definition) is 3. The van der Waals surface area contributed by atoms with Gasteiger partial charge in [0.2, 0.25) is 11.8 Å². The molecule has 2 atom stereocenters. The molecule has 1 fully saturated rings. The summed E-state index contributed by atoms with van der Waals surface area (Å²) in [4.78, 5) is 33.6. The summed E-state index contributed by atoms with van der Waals surface area (Å²) in [5.41, 5.74) is 0. The molecule has 0 bridgehead atoms. The molecule has 1 rings (SSSR count). The number of aliphatic carboxylic acids is 1. The lowest BCUT2D eigenvalue weighted by Crippen LogP contribution is -2.45. The van der Waals surface area contributed by atoms with Crippen LogP contribution in [0.5, 0.6) is 0 Å². The molecule has 120 valence electrons. The lowest BCUT2D eigenvalue weighted by molar-refractivity contribution is -0.140. The minimum Gasteiger partial charge on any atom is -0.480 e. The molecule has 0 aromatic rings. The van der Waals surface area contributed by atoms with Crippen LogP contribution in [0.4, 0.5) is 0 Å². The normalized spacial score (nSPS) is 18.5. The first-order valence-electron chi connectivity index (χ1n) is 7.02. The molecule has 0 heterocycles. The van der Waals surface area contributed by atoms with Gasteiger partial charge in [-0.3, -0.25) is 13.8 Å². The van der Waals surface area contributed by atoms with E-state index in [9.17, 15) is 18.6 Å². The largest absolute Gasteiger partial charge is 0.480 e. The van der Waals surface area contributed by atoms with Crippen LogP contribution in [0.1, 0.15) is 39.0 Å². The van der Waals surface area contributed by atoms with E-state index in [2.05, 4.69) is 10.6 Å². The standard InChI is InChI=1S/C13H22N2O5S/c1-9(16)14-11(13(18)19)7-21(20)8-12(17)15-10-5-3-2-4-6-10/h10-11H,2-8H2,1H3,(H,14,16)(H,15,17)(H,18,19)/t11-,21?/m0/s1. The summed E-state index contributed by atoms with van der Waals surface area (Å²) in [5, 5.41) is 13.9. The Hall–Kier alpha value is -1.44. The molecule has 2 amide bonds. The molecule has 0 saturated heterocycles. The number of amides is 2. The van der Waals surface area contributed by atoms with Crippen molar-refractivity contribution in [1.82, 2.24) is 10.6 Å². The van der Waals surface area contributed by atoms with E-state index in [4.69, 9.17) is 5.11 Å². The van der Waals surface area contributed by atoms with Crippen molar-refractivity contribution in [1.29, 1.82) is 0 Å². The number of nitrogens with one attached hydrogen (secondary N) is 2. The van der Waals surface area contributed by atoms with Crippen LogP contribution in [-0.4, -0.2) is 50.7 Å². The minimum absolute atomic E-state index is 0.133. The second kappa shape index (κ2) is 8.76. The Balaban J connectivity index is 2.38. The summed E-state index contributed by atoms with van der Waals surface area (Å²) in [5.74, 6) is -2.60. The average molecular weight is 318 g/mol. The number of carboxylic acid groups (broad SMARTS) is 1. The van der Waals surface area contributed by atoms with E-state index in [0.29, 0.717) is 0 Å². The maximum atomic E-state index is 11.8. The van der Waals surface area contributed by atoms with Crippen molar-refractivity contribution in [2.45, 2.75) is 51.1 Å². The Kier molecular flexibility index (Phi) is 7.35. The van der Waals surface area contributed by atoms with Crippen LogP contribution in [0.15, 0.2) is 0 Å². The Morgan fingerprint density at radius 2 is 1.86 bits per heavy atom. The van der Waals surface area contributed by atoms with Gasteiger partial charge in [-0.05, 0) is 12.8 Å². The Morgan fingerprint density at radius 1 is 1.24 bits per heavy atom. The van der Waals surface area contributed by atoms with Crippen molar-refractivity contribution < 1.29 is 23.7 Å². The first kappa shape index (κ1) is 17.6. The molecule has 0 aliphatic heterocycles. The maximum Gasteiger partial charge on any atom is 0.327 e. The zero-order chi connectivity index (χ0) is 15.8. The highest BCUT2D eigenvalue weighted by molar-refractivity contribution is 7.85. The Bertz CT molecular complexity index is 421. The molecule has 1 unspecified atom stereocenters. The molecule has 8 heteroatoms. The van der Waals surface area contributed by atoms with Crippen LogP contribution in [0.2, 0.25) is 0 Å². The molecule has 0 aromatic heterocycles. The second-order valence-electron chi connectivity index (χ2n) is 5.24.